The first-order chi connectivity index (χ1) is 14.3. The van der Waals surface area contributed by atoms with Crippen LogP contribution in [0.2, 0.25) is 0 Å². The molecule has 1 atom stereocenters. The average molecular weight is 431 g/mol. The third kappa shape index (κ3) is 5.21. The monoisotopic (exact) mass is 430 g/mol. The smallest absolute Gasteiger partial charge is 0.251 e. The maximum absolute atomic E-state index is 13.0. The Balaban J connectivity index is 1.81. The van der Waals surface area contributed by atoms with Gasteiger partial charge in [-0.15, -0.1) is 0 Å². The number of methoxy groups -OCH3 is 1. The zero-order valence-corrected chi connectivity index (χ0v) is 18.6. The van der Waals surface area contributed by atoms with E-state index < -0.39 is 10.0 Å². The quantitative estimate of drug-likeness (QED) is 0.687. The Kier molecular flexibility index (Phi) is 7.15. The van der Waals surface area contributed by atoms with Crippen LogP contribution in [0.25, 0.3) is 0 Å². The molecule has 1 amide bonds. The summed E-state index contributed by atoms with van der Waals surface area (Å²) >= 11 is 0. The Morgan fingerprint density at radius 2 is 1.77 bits per heavy atom. The Bertz CT molecular complexity index is 965. The summed E-state index contributed by atoms with van der Waals surface area (Å²) in [4.78, 5) is 13.2. The average Bonchev–Trinajstić information content (AvgIpc) is 3.29. The van der Waals surface area contributed by atoms with Gasteiger partial charge in [0.05, 0.1) is 18.0 Å². The fourth-order valence-corrected chi connectivity index (χ4v) is 5.27. The first kappa shape index (κ1) is 22.3. The van der Waals surface area contributed by atoms with E-state index in [1.54, 1.807) is 25.3 Å². The molecule has 1 heterocycles. The van der Waals surface area contributed by atoms with Crippen LogP contribution in [0.15, 0.2) is 53.4 Å². The van der Waals surface area contributed by atoms with Crippen LogP contribution < -0.4 is 10.1 Å². The van der Waals surface area contributed by atoms with Gasteiger partial charge in [-0.3, -0.25) is 4.79 Å². The van der Waals surface area contributed by atoms with Crippen molar-refractivity contribution in [1.82, 2.24) is 9.62 Å². The van der Waals surface area contributed by atoms with E-state index in [0.717, 1.165) is 30.6 Å². The van der Waals surface area contributed by atoms with Gasteiger partial charge < -0.3 is 10.1 Å². The molecule has 1 N–H and O–H groups in total. The molecule has 0 unspecified atom stereocenters. The fourth-order valence-electron chi connectivity index (χ4n) is 3.70. The standard InChI is InChI=1S/C23H30N2O4S/c1-17(2)15-22(18-9-11-20(29-3)12-10-18)24-23(26)19-7-6-8-21(16-19)30(27,28)25-13-4-5-14-25/h6-12,16-17,22H,4-5,13-15H2,1-3H3,(H,24,26)/t22-/m1/s1. The maximum atomic E-state index is 13.0. The van der Waals surface area contributed by atoms with Crippen molar-refractivity contribution in [2.45, 2.75) is 44.0 Å². The molecule has 6 nitrogen and oxygen atoms in total. The molecular weight excluding hydrogens is 400 g/mol. The molecule has 1 fully saturated rings. The number of rotatable bonds is 8. The second-order valence-corrected chi connectivity index (χ2v) is 10.0. The van der Waals surface area contributed by atoms with Crippen molar-refractivity contribution < 1.29 is 17.9 Å². The van der Waals surface area contributed by atoms with Gasteiger partial charge in [0.15, 0.2) is 0 Å². The molecular formula is C23H30N2O4S. The van der Waals surface area contributed by atoms with Crippen LogP contribution >= 0.6 is 0 Å². The molecule has 30 heavy (non-hydrogen) atoms. The molecule has 0 saturated carbocycles. The lowest BCUT2D eigenvalue weighted by molar-refractivity contribution is 0.0931. The number of carbonyl (C=O) groups is 1. The molecule has 0 aromatic heterocycles. The summed E-state index contributed by atoms with van der Waals surface area (Å²) in [6, 6.07) is 13.8. The summed E-state index contributed by atoms with van der Waals surface area (Å²) in [5.41, 5.74) is 1.33. The largest absolute Gasteiger partial charge is 0.497 e. The Morgan fingerprint density at radius 3 is 2.37 bits per heavy atom. The van der Waals surface area contributed by atoms with E-state index in [0.29, 0.717) is 24.6 Å². The number of amides is 1. The Morgan fingerprint density at radius 1 is 1.10 bits per heavy atom. The van der Waals surface area contributed by atoms with Gasteiger partial charge in [0, 0.05) is 18.7 Å². The zero-order valence-electron chi connectivity index (χ0n) is 17.8. The molecule has 0 aliphatic carbocycles. The van der Waals surface area contributed by atoms with Crippen LogP contribution in [0, 0.1) is 5.92 Å². The predicted molar refractivity (Wildman–Crippen MR) is 117 cm³/mol. The zero-order chi connectivity index (χ0) is 21.7. The van der Waals surface area contributed by atoms with E-state index in [9.17, 15) is 13.2 Å². The number of sulfonamides is 1. The van der Waals surface area contributed by atoms with Gasteiger partial charge in [0.25, 0.3) is 5.91 Å². The minimum Gasteiger partial charge on any atom is -0.497 e. The number of carbonyl (C=O) groups excluding carboxylic acids is 1. The highest BCUT2D eigenvalue weighted by atomic mass is 32.2. The summed E-state index contributed by atoms with van der Waals surface area (Å²) in [5, 5.41) is 3.08. The molecule has 7 heteroatoms. The molecule has 1 saturated heterocycles. The molecule has 3 rings (SSSR count). The van der Waals surface area contributed by atoms with E-state index in [-0.39, 0.29) is 16.8 Å². The molecule has 2 aromatic rings. The summed E-state index contributed by atoms with van der Waals surface area (Å²) in [7, 11) is -1.95. The molecule has 0 spiro atoms. The van der Waals surface area contributed by atoms with Crippen molar-refractivity contribution in [2.24, 2.45) is 5.92 Å². The molecule has 2 aromatic carbocycles. The second-order valence-electron chi connectivity index (χ2n) is 8.07. The lowest BCUT2D eigenvalue weighted by atomic mass is 9.96. The number of hydrogen-bond acceptors (Lipinski definition) is 4. The third-order valence-electron chi connectivity index (χ3n) is 5.33. The van der Waals surface area contributed by atoms with Gasteiger partial charge >= 0.3 is 0 Å². The predicted octanol–water partition coefficient (Wildman–Crippen LogP) is 4.00. The minimum absolute atomic E-state index is 0.168. The van der Waals surface area contributed by atoms with Gasteiger partial charge in [-0.2, -0.15) is 4.31 Å². The summed E-state index contributed by atoms with van der Waals surface area (Å²) in [6.45, 7) is 5.28. The minimum atomic E-state index is -3.56. The van der Waals surface area contributed by atoms with Gasteiger partial charge in [0.1, 0.15) is 5.75 Å². The van der Waals surface area contributed by atoms with Crippen LogP contribution in [-0.2, 0) is 10.0 Å². The van der Waals surface area contributed by atoms with Crippen LogP contribution in [-0.4, -0.2) is 38.8 Å². The van der Waals surface area contributed by atoms with Gasteiger partial charge in [-0.25, -0.2) is 8.42 Å². The normalized spacial score (nSPS) is 15.9. The number of nitrogens with zero attached hydrogens (tertiary/aromatic N) is 1. The summed E-state index contributed by atoms with van der Waals surface area (Å²) in [5.74, 6) is 0.849. The van der Waals surface area contributed by atoms with Crippen LogP contribution in [0.4, 0.5) is 0 Å². The molecule has 1 aliphatic heterocycles. The lowest BCUT2D eigenvalue weighted by Crippen LogP contribution is -2.30. The number of benzene rings is 2. The highest BCUT2D eigenvalue weighted by Crippen LogP contribution is 2.25. The third-order valence-corrected chi connectivity index (χ3v) is 7.22. The van der Waals surface area contributed by atoms with Crippen molar-refractivity contribution in [2.75, 3.05) is 20.2 Å². The second kappa shape index (κ2) is 9.62. The van der Waals surface area contributed by atoms with E-state index >= 15 is 0 Å². The van der Waals surface area contributed by atoms with Crippen molar-refractivity contribution >= 4 is 15.9 Å². The van der Waals surface area contributed by atoms with E-state index in [2.05, 4.69) is 19.2 Å². The van der Waals surface area contributed by atoms with Crippen LogP contribution in [0.5, 0.6) is 5.75 Å². The van der Waals surface area contributed by atoms with E-state index in [1.807, 2.05) is 24.3 Å². The molecule has 1 aliphatic rings. The fraction of sp³-hybridized carbons (Fsp3) is 0.435. The number of nitrogens with one attached hydrogen (secondary N) is 1. The number of hydrogen-bond donors (Lipinski definition) is 1. The summed E-state index contributed by atoms with van der Waals surface area (Å²) < 4.78 is 32.4. The van der Waals surface area contributed by atoms with Gasteiger partial charge in [-0.1, -0.05) is 32.0 Å². The van der Waals surface area contributed by atoms with E-state index in [1.165, 1.54) is 10.4 Å². The van der Waals surface area contributed by atoms with Crippen molar-refractivity contribution in [1.29, 1.82) is 0 Å². The topological polar surface area (TPSA) is 75.7 Å². The Hall–Kier alpha value is -2.38. The van der Waals surface area contributed by atoms with Crippen LogP contribution in [0.3, 0.4) is 0 Å². The molecule has 0 bridgehead atoms. The van der Waals surface area contributed by atoms with Gasteiger partial charge in [0.2, 0.25) is 10.0 Å². The number of ether oxygens (including phenoxy) is 1. The first-order valence-electron chi connectivity index (χ1n) is 10.4. The SMILES string of the molecule is COc1ccc([C@@H](CC(C)C)NC(=O)c2cccc(S(=O)(=O)N3CCCC3)c2)cc1. The highest BCUT2D eigenvalue weighted by molar-refractivity contribution is 7.89. The van der Waals surface area contributed by atoms with Gasteiger partial charge in [-0.05, 0) is 61.1 Å². The molecule has 162 valence electrons. The summed E-state index contributed by atoms with van der Waals surface area (Å²) in [6.07, 6.45) is 2.51. The lowest BCUT2D eigenvalue weighted by Gasteiger charge is -2.22. The van der Waals surface area contributed by atoms with Crippen molar-refractivity contribution in [3.8, 4) is 5.75 Å². The highest BCUT2D eigenvalue weighted by Gasteiger charge is 2.28. The van der Waals surface area contributed by atoms with Crippen molar-refractivity contribution in [3.63, 3.8) is 0 Å². The molecule has 0 radical (unpaired) electrons. The van der Waals surface area contributed by atoms with E-state index in [4.69, 9.17) is 4.74 Å². The van der Waals surface area contributed by atoms with Crippen molar-refractivity contribution in [3.05, 3.63) is 59.7 Å². The Labute approximate surface area is 179 Å². The maximum Gasteiger partial charge on any atom is 0.251 e. The first-order valence-corrected chi connectivity index (χ1v) is 11.8. The van der Waals surface area contributed by atoms with Crippen LogP contribution in [0.1, 0.15) is 55.1 Å².